The van der Waals surface area contributed by atoms with Crippen LogP contribution in [0.15, 0.2) is 42.5 Å². The van der Waals surface area contributed by atoms with Crippen LogP contribution in [0.1, 0.15) is 22.6 Å². The zero-order valence-corrected chi connectivity index (χ0v) is 11.7. The van der Waals surface area contributed by atoms with Crippen molar-refractivity contribution in [2.75, 3.05) is 7.11 Å². The van der Waals surface area contributed by atoms with Crippen molar-refractivity contribution >= 4 is 5.69 Å². The SMILES string of the molecule is COc1ccc(C(C#N)c2ccc([N+](=O)[O-])c(C#N)c2)cc1. The van der Waals surface area contributed by atoms with Crippen LogP contribution in [0.25, 0.3) is 0 Å². The van der Waals surface area contributed by atoms with Crippen LogP contribution >= 0.6 is 0 Å². The molecule has 2 rings (SSSR count). The molecule has 22 heavy (non-hydrogen) atoms. The van der Waals surface area contributed by atoms with E-state index < -0.39 is 10.8 Å². The molecule has 1 atom stereocenters. The third-order valence-corrected chi connectivity index (χ3v) is 3.25. The van der Waals surface area contributed by atoms with E-state index in [4.69, 9.17) is 10.00 Å². The van der Waals surface area contributed by atoms with E-state index in [2.05, 4.69) is 6.07 Å². The molecule has 0 spiro atoms. The summed E-state index contributed by atoms with van der Waals surface area (Å²) in [5, 5.41) is 29.3. The summed E-state index contributed by atoms with van der Waals surface area (Å²) < 4.78 is 5.07. The van der Waals surface area contributed by atoms with Crippen molar-refractivity contribution in [2.24, 2.45) is 0 Å². The van der Waals surface area contributed by atoms with Crippen molar-refractivity contribution in [1.29, 1.82) is 10.5 Å². The molecule has 1 unspecified atom stereocenters. The van der Waals surface area contributed by atoms with Gasteiger partial charge in [-0.3, -0.25) is 10.1 Å². The monoisotopic (exact) mass is 293 g/mol. The fourth-order valence-electron chi connectivity index (χ4n) is 2.12. The van der Waals surface area contributed by atoms with Crippen molar-refractivity contribution in [3.63, 3.8) is 0 Å². The fraction of sp³-hybridized carbons (Fsp3) is 0.125. The van der Waals surface area contributed by atoms with Crippen molar-refractivity contribution in [3.8, 4) is 17.9 Å². The van der Waals surface area contributed by atoms with Gasteiger partial charge in [0, 0.05) is 6.07 Å². The number of ether oxygens (including phenoxy) is 1. The third-order valence-electron chi connectivity index (χ3n) is 3.25. The molecule has 0 radical (unpaired) electrons. The van der Waals surface area contributed by atoms with E-state index in [0.717, 1.165) is 5.56 Å². The van der Waals surface area contributed by atoms with Crippen LogP contribution < -0.4 is 4.74 Å². The van der Waals surface area contributed by atoms with E-state index in [0.29, 0.717) is 11.3 Å². The molecule has 0 saturated heterocycles. The average molecular weight is 293 g/mol. The van der Waals surface area contributed by atoms with Crippen LogP contribution in [-0.4, -0.2) is 12.0 Å². The lowest BCUT2D eigenvalue weighted by Gasteiger charge is -2.11. The quantitative estimate of drug-likeness (QED) is 0.636. The zero-order chi connectivity index (χ0) is 16.1. The van der Waals surface area contributed by atoms with E-state index in [1.165, 1.54) is 18.2 Å². The first-order valence-corrected chi connectivity index (χ1v) is 6.32. The Morgan fingerprint density at radius 3 is 2.27 bits per heavy atom. The van der Waals surface area contributed by atoms with E-state index in [1.807, 2.05) is 0 Å². The van der Waals surface area contributed by atoms with Gasteiger partial charge in [-0.05, 0) is 29.3 Å². The first-order chi connectivity index (χ1) is 10.6. The summed E-state index contributed by atoms with van der Waals surface area (Å²) in [6.07, 6.45) is 0. The highest BCUT2D eigenvalue weighted by atomic mass is 16.6. The molecule has 108 valence electrons. The van der Waals surface area contributed by atoms with E-state index >= 15 is 0 Å². The van der Waals surface area contributed by atoms with Gasteiger partial charge in [0.05, 0.1) is 24.0 Å². The Bertz CT molecular complexity index is 786. The minimum atomic E-state index is -0.614. The lowest BCUT2D eigenvalue weighted by atomic mass is 9.91. The Morgan fingerprint density at radius 2 is 1.77 bits per heavy atom. The maximum Gasteiger partial charge on any atom is 0.287 e. The maximum absolute atomic E-state index is 10.8. The Morgan fingerprint density at radius 1 is 1.14 bits per heavy atom. The zero-order valence-electron chi connectivity index (χ0n) is 11.7. The van der Waals surface area contributed by atoms with Crippen LogP contribution in [-0.2, 0) is 0 Å². The van der Waals surface area contributed by atoms with Crippen LogP contribution in [0.3, 0.4) is 0 Å². The molecule has 6 heteroatoms. The molecule has 6 nitrogen and oxygen atoms in total. The lowest BCUT2D eigenvalue weighted by Crippen LogP contribution is -2.01. The van der Waals surface area contributed by atoms with Gasteiger partial charge in [0.15, 0.2) is 0 Å². The fourth-order valence-corrected chi connectivity index (χ4v) is 2.12. The minimum Gasteiger partial charge on any atom is -0.497 e. The van der Waals surface area contributed by atoms with Gasteiger partial charge in [-0.15, -0.1) is 0 Å². The molecule has 0 aromatic heterocycles. The van der Waals surface area contributed by atoms with Crippen molar-refractivity contribution in [2.45, 2.75) is 5.92 Å². The Labute approximate surface area is 126 Å². The number of hydrogen-bond donors (Lipinski definition) is 0. The number of methoxy groups -OCH3 is 1. The normalized spacial score (nSPS) is 11.0. The first kappa shape index (κ1) is 15.0. The summed E-state index contributed by atoms with van der Waals surface area (Å²) in [4.78, 5) is 10.2. The number of nitriles is 2. The second-order valence-electron chi connectivity index (χ2n) is 4.48. The van der Waals surface area contributed by atoms with Crippen LogP contribution in [0, 0.1) is 32.8 Å². The Hall–Kier alpha value is -3.38. The topological polar surface area (TPSA) is 99.9 Å². The summed E-state index contributed by atoms with van der Waals surface area (Å²) in [5.41, 5.74) is 0.935. The largest absolute Gasteiger partial charge is 0.497 e. The Kier molecular flexibility index (Phi) is 4.36. The molecular formula is C16H11N3O3. The van der Waals surface area contributed by atoms with Gasteiger partial charge in [-0.2, -0.15) is 10.5 Å². The molecule has 0 bridgehead atoms. The number of benzene rings is 2. The van der Waals surface area contributed by atoms with E-state index in [-0.39, 0.29) is 11.3 Å². The van der Waals surface area contributed by atoms with Gasteiger partial charge in [-0.25, -0.2) is 0 Å². The standard InChI is InChI=1S/C16H11N3O3/c1-22-14-5-2-11(3-6-14)15(10-18)12-4-7-16(19(20)21)13(8-12)9-17/h2-8,15H,1H3. The highest BCUT2D eigenvalue weighted by Crippen LogP contribution is 2.29. The number of nitro benzene ring substituents is 1. The second-order valence-corrected chi connectivity index (χ2v) is 4.48. The molecule has 0 N–H and O–H groups in total. The van der Waals surface area contributed by atoms with Crippen molar-refractivity contribution in [1.82, 2.24) is 0 Å². The molecule has 0 fully saturated rings. The van der Waals surface area contributed by atoms with Gasteiger partial charge < -0.3 is 4.74 Å². The van der Waals surface area contributed by atoms with Crippen LogP contribution in [0.5, 0.6) is 5.75 Å². The molecule has 2 aromatic rings. The van der Waals surface area contributed by atoms with Crippen LogP contribution in [0.2, 0.25) is 0 Å². The number of hydrogen-bond acceptors (Lipinski definition) is 5. The Balaban J connectivity index is 2.45. The molecule has 0 heterocycles. The molecule has 0 aliphatic rings. The van der Waals surface area contributed by atoms with Gasteiger partial charge in [0.2, 0.25) is 0 Å². The van der Waals surface area contributed by atoms with Gasteiger partial charge in [0.25, 0.3) is 5.69 Å². The smallest absolute Gasteiger partial charge is 0.287 e. The summed E-state index contributed by atoms with van der Waals surface area (Å²) >= 11 is 0. The predicted octanol–water partition coefficient (Wildman–Crippen LogP) is 3.13. The third kappa shape index (κ3) is 2.87. The van der Waals surface area contributed by atoms with Crippen LogP contribution in [0.4, 0.5) is 5.69 Å². The number of rotatable bonds is 4. The second kappa shape index (κ2) is 6.38. The lowest BCUT2D eigenvalue weighted by molar-refractivity contribution is -0.385. The number of nitrogens with zero attached hydrogens (tertiary/aromatic N) is 3. The molecule has 0 amide bonds. The van der Waals surface area contributed by atoms with Crippen molar-refractivity contribution in [3.05, 3.63) is 69.3 Å². The average Bonchev–Trinajstić information content (AvgIpc) is 2.55. The van der Waals surface area contributed by atoms with E-state index in [9.17, 15) is 15.4 Å². The molecular weight excluding hydrogens is 282 g/mol. The molecule has 0 aliphatic heterocycles. The van der Waals surface area contributed by atoms with Gasteiger partial charge in [-0.1, -0.05) is 18.2 Å². The van der Waals surface area contributed by atoms with Crippen molar-refractivity contribution < 1.29 is 9.66 Å². The number of nitro groups is 1. The predicted molar refractivity (Wildman–Crippen MR) is 78.3 cm³/mol. The molecule has 0 aliphatic carbocycles. The summed E-state index contributed by atoms with van der Waals surface area (Å²) in [7, 11) is 1.55. The van der Waals surface area contributed by atoms with Gasteiger partial charge >= 0.3 is 0 Å². The van der Waals surface area contributed by atoms with Gasteiger partial charge in [0.1, 0.15) is 17.4 Å². The highest BCUT2D eigenvalue weighted by molar-refractivity contribution is 5.53. The first-order valence-electron chi connectivity index (χ1n) is 6.32. The summed E-state index contributed by atoms with van der Waals surface area (Å²) in [6.45, 7) is 0. The summed E-state index contributed by atoms with van der Waals surface area (Å²) in [5.74, 6) is 0.0562. The maximum atomic E-state index is 10.8. The highest BCUT2D eigenvalue weighted by Gasteiger charge is 2.19. The van der Waals surface area contributed by atoms with E-state index in [1.54, 1.807) is 37.4 Å². The molecule has 0 saturated carbocycles. The summed E-state index contributed by atoms with van der Waals surface area (Å²) in [6, 6.07) is 15.0. The minimum absolute atomic E-state index is 0.0590. The molecule has 2 aromatic carbocycles.